The third-order valence-corrected chi connectivity index (χ3v) is 3.39. The first-order valence-corrected chi connectivity index (χ1v) is 7.36. The van der Waals surface area contributed by atoms with E-state index in [4.69, 9.17) is 10.5 Å². The van der Waals surface area contributed by atoms with Crippen molar-refractivity contribution < 1.29 is 4.74 Å². The summed E-state index contributed by atoms with van der Waals surface area (Å²) < 4.78 is 5.61. The number of nitrogens with two attached hydrogens (primary N) is 1. The maximum atomic E-state index is 5.94. The predicted octanol–water partition coefficient (Wildman–Crippen LogP) is 1.97. The molecule has 0 fully saturated rings. The Bertz CT molecular complexity index is 364. The first-order chi connectivity index (χ1) is 9.58. The van der Waals surface area contributed by atoms with Crippen LogP contribution in [0.2, 0.25) is 0 Å². The van der Waals surface area contributed by atoms with Gasteiger partial charge in [-0.25, -0.2) is 0 Å². The summed E-state index contributed by atoms with van der Waals surface area (Å²) in [6.07, 6.45) is 1.03. The fraction of sp³-hybridized carbons (Fsp3) is 0.625. The minimum atomic E-state index is 0.259. The molecule has 0 spiro atoms. The van der Waals surface area contributed by atoms with Gasteiger partial charge in [-0.15, -0.1) is 0 Å². The van der Waals surface area contributed by atoms with Gasteiger partial charge in [0.05, 0.1) is 6.61 Å². The largest absolute Gasteiger partial charge is 0.494 e. The van der Waals surface area contributed by atoms with Crippen LogP contribution in [0.25, 0.3) is 0 Å². The van der Waals surface area contributed by atoms with E-state index in [1.54, 1.807) is 0 Å². The zero-order chi connectivity index (χ0) is 15.0. The van der Waals surface area contributed by atoms with Gasteiger partial charge in [-0.2, -0.15) is 0 Å². The van der Waals surface area contributed by atoms with Crippen LogP contribution in [0.1, 0.15) is 24.9 Å². The van der Waals surface area contributed by atoms with Crippen LogP contribution >= 0.6 is 0 Å². The van der Waals surface area contributed by atoms with Gasteiger partial charge in [-0.05, 0) is 45.3 Å². The van der Waals surface area contributed by atoms with Crippen molar-refractivity contribution in [2.45, 2.75) is 19.4 Å². The number of nitrogens with zero attached hydrogens (tertiary/aromatic N) is 2. The molecule has 1 rings (SSSR count). The van der Waals surface area contributed by atoms with Crippen molar-refractivity contribution in [2.75, 3.05) is 47.4 Å². The summed E-state index contributed by atoms with van der Waals surface area (Å²) in [6, 6.07) is 8.57. The molecule has 1 aromatic rings. The summed E-state index contributed by atoms with van der Waals surface area (Å²) >= 11 is 0. The number of hydrogen-bond acceptors (Lipinski definition) is 4. The number of rotatable bonds is 9. The number of likely N-dealkylation sites (N-methyl/N-ethyl adjacent to an activating group) is 2. The normalized spacial score (nSPS) is 12.9. The highest BCUT2D eigenvalue weighted by molar-refractivity contribution is 5.29. The molecule has 0 saturated heterocycles. The van der Waals surface area contributed by atoms with Crippen molar-refractivity contribution in [3.8, 4) is 5.75 Å². The standard InChI is InChI=1S/C16H29N3O/c1-5-12-20-15-8-6-14(7-9-15)16(13-17)19(4)11-10-18(2)3/h6-9,16H,5,10-13,17H2,1-4H3. The minimum Gasteiger partial charge on any atom is -0.494 e. The monoisotopic (exact) mass is 279 g/mol. The second kappa shape index (κ2) is 8.95. The van der Waals surface area contributed by atoms with E-state index < -0.39 is 0 Å². The molecule has 2 N–H and O–H groups in total. The quantitative estimate of drug-likeness (QED) is 0.750. The Labute approximate surface area is 123 Å². The van der Waals surface area contributed by atoms with Gasteiger partial charge < -0.3 is 15.4 Å². The van der Waals surface area contributed by atoms with Gasteiger partial charge in [0.25, 0.3) is 0 Å². The molecule has 0 amide bonds. The van der Waals surface area contributed by atoms with E-state index in [2.05, 4.69) is 50.0 Å². The predicted molar refractivity (Wildman–Crippen MR) is 85.2 cm³/mol. The Morgan fingerprint density at radius 1 is 1.10 bits per heavy atom. The van der Waals surface area contributed by atoms with Gasteiger partial charge >= 0.3 is 0 Å². The molecule has 0 aliphatic heterocycles. The smallest absolute Gasteiger partial charge is 0.119 e. The molecular formula is C16H29N3O. The molecule has 0 aliphatic carbocycles. The molecule has 4 heteroatoms. The Kier molecular flexibility index (Phi) is 7.59. The van der Waals surface area contributed by atoms with Gasteiger partial charge in [-0.3, -0.25) is 4.90 Å². The van der Waals surface area contributed by atoms with E-state index in [0.29, 0.717) is 6.54 Å². The van der Waals surface area contributed by atoms with E-state index in [9.17, 15) is 0 Å². The molecule has 20 heavy (non-hydrogen) atoms. The second-order valence-electron chi connectivity index (χ2n) is 5.45. The molecule has 114 valence electrons. The maximum absolute atomic E-state index is 5.94. The molecule has 1 unspecified atom stereocenters. The number of benzene rings is 1. The van der Waals surface area contributed by atoms with Crippen LogP contribution in [0, 0.1) is 0 Å². The number of ether oxygens (including phenoxy) is 1. The van der Waals surface area contributed by atoms with E-state index in [1.807, 2.05) is 12.1 Å². The molecule has 1 aromatic carbocycles. The van der Waals surface area contributed by atoms with Crippen molar-refractivity contribution in [3.63, 3.8) is 0 Å². The fourth-order valence-electron chi connectivity index (χ4n) is 2.09. The maximum Gasteiger partial charge on any atom is 0.119 e. The van der Waals surface area contributed by atoms with Crippen molar-refractivity contribution in [3.05, 3.63) is 29.8 Å². The van der Waals surface area contributed by atoms with Gasteiger partial charge in [0.15, 0.2) is 0 Å². The summed E-state index contributed by atoms with van der Waals surface area (Å²) in [7, 11) is 6.30. The minimum absolute atomic E-state index is 0.259. The summed E-state index contributed by atoms with van der Waals surface area (Å²) in [6.45, 7) is 5.54. The summed E-state index contributed by atoms with van der Waals surface area (Å²) in [5, 5.41) is 0. The average Bonchev–Trinajstić information content (AvgIpc) is 2.45. The Hall–Kier alpha value is -1.10. The number of hydrogen-bond donors (Lipinski definition) is 1. The molecule has 0 radical (unpaired) electrons. The summed E-state index contributed by atoms with van der Waals surface area (Å²) in [5.74, 6) is 0.933. The first-order valence-electron chi connectivity index (χ1n) is 7.36. The van der Waals surface area contributed by atoms with Crippen LogP contribution in [-0.4, -0.2) is 57.2 Å². The lowest BCUT2D eigenvalue weighted by atomic mass is 10.1. The average molecular weight is 279 g/mol. The molecule has 0 aliphatic rings. The zero-order valence-electron chi connectivity index (χ0n) is 13.3. The fourth-order valence-corrected chi connectivity index (χ4v) is 2.09. The molecule has 1 atom stereocenters. The Balaban J connectivity index is 2.64. The van der Waals surface area contributed by atoms with Crippen LogP contribution in [0.15, 0.2) is 24.3 Å². The first kappa shape index (κ1) is 17.0. The van der Waals surface area contributed by atoms with Crippen molar-refractivity contribution in [2.24, 2.45) is 5.73 Å². The third kappa shape index (κ3) is 5.49. The summed E-state index contributed by atoms with van der Waals surface area (Å²) in [5.41, 5.74) is 7.19. The van der Waals surface area contributed by atoms with Crippen molar-refractivity contribution in [1.82, 2.24) is 9.80 Å². The summed E-state index contributed by atoms with van der Waals surface area (Å²) in [4.78, 5) is 4.49. The molecule has 0 heterocycles. The van der Waals surface area contributed by atoms with E-state index in [-0.39, 0.29) is 6.04 Å². The SMILES string of the molecule is CCCOc1ccc(C(CN)N(C)CCN(C)C)cc1. The van der Waals surface area contributed by atoms with Gasteiger partial charge in [0.1, 0.15) is 5.75 Å². The van der Waals surface area contributed by atoms with Crippen LogP contribution in [0.4, 0.5) is 0 Å². The van der Waals surface area contributed by atoms with E-state index in [0.717, 1.165) is 31.9 Å². The zero-order valence-corrected chi connectivity index (χ0v) is 13.3. The van der Waals surface area contributed by atoms with Crippen LogP contribution in [0.5, 0.6) is 5.75 Å². The molecule has 4 nitrogen and oxygen atoms in total. The van der Waals surface area contributed by atoms with E-state index in [1.165, 1.54) is 5.56 Å². The topological polar surface area (TPSA) is 41.7 Å². The van der Waals surface area contributed by atoms with Crippen LogP contribution < -0.4 is 10.5 Å². The highest BCUT2D eigenvalue weighted by atomic mass is 16.5. The van der Waals surface area contributed by atoms with Crippen LogP contribution in [0.3, 0.4) is 0 Å². The lowest BCUT2D eigenvalue weighted by molar-refractivity contribution is 0.222. The lowest BCUT2D eigenvalue weighted by Crippen LogP contribution is -2.35. The van der Waals surface area contributed by atoms with Crippen molar-refractivity contribution in [1.29, 1.82) is 0 Å². The highest BCUT2D eigenvalue weighted by Crippen LogP contribution is 2.21. The molecular weight excluding hydrogens is 250 g/mol. The van der Waals surface area contributed by atoms with E-state index >= 15 is 0 Å². The van der Waals surface area contributed by atoms with Gasteiger partial charge in [0, 0.05) is 25.7 Å². The van der Waals surface area contributed by atoms with Gasteiger partial charge in [-0.1, -0.05) is 19.1 Å². The second-order valence-corrected chi connectivity index (χ2v) is 5.45. The van der Waals surface area contributed by atoms with Gasteiger partial charge in [0.2, 0.25) is 0 Å². The lowest BCUT2D eigenvalue weighted by Gasteiger charge is -2.28. The Morgan fingerprint density at radius 3 is 2.25 bits per heavy atom. The Morgan fingerprint density at radius 2 is 1.75 bits per heavy atom. The third-order valence-electron chi connectivity index (χ3n) is 3.39. The molecule has 0 bridgehead atoms. The molecule has 0 saturated carbocycles. The highest BCUT2D eigenvalue weighted by Gasteiger charge is 2.15. The van der Waals surface area contributed by atoms with Crippen molar-refractivity contribution >= 4 is 0 Å². The van der Waals surface area contributed by atoms with Crippen LogP contribution in [-0.2, 0) is 0 Å². The molecule has 0 aromatic heterocycles.